The van der Waals surface area contributed by atoms with Gasteiger partial charge in [-0.25, -0.2) is 0 Å². The van der Waals surface area contributed by atoms with Crippen molar-refractivity contribution in [3.8, 4) is 0 Å². The van der Waals surface area contributed by atoms with Crippen molar-refractivity contribution >= 4 is 34.4 Å². The molecule has 0 radical (unpaired) electrons. The van der Waals surface area contributed by atoms with E-state index in [-0.39, 0.29) is 11.8 Å². The summed E-state index contributed by atoms with van der Waals surface area (Å²) in [5, 5.41) is 0. The lowest BCUT2D eigenvalue weighted by Gasteiger charge is -2.36. The SMILES string of the molecule is CC1CCN(C(=O)C2CCN(C(=O)c3ccccc3I)CC2)CC1. The van der Waals surface area contributed by atoms with Gasteiger partial charge in [-0.2, -0.15) is 0 Å². The predicted octanol–water partition coefficient (Wildman–Crippen LogP) is 3.40. The Morgan fingerprint density at radius 2 is 1.54 bits per heavy atom. The van der Waals surface area contributed by atoms with Crippen molar-refractivity contribution < 1.29 is 9.59 Å². The molecule has 0 aromatic heterocycles. The Hall–Kier alpha value is -1.11. The first-order valence-electron chi connectivity index (χ1n) is 8.89. The molecule has 130 valence electrons. The number of halogens is 1. The van der Waals surface area contributed by atoms with Crippen LogP contribution in [0.3, 0.4) is 0 Å². The summed E-state index contributed by atoms with van der Waals surface area (Å²) in [5.74, 6) is 1.24. The van der Waals surface area contributed by atoms with E-state index in [0.717, 1.165) is 53.8 Å². The molecule has 0 atom stereocenters. The van der Waals surface area contributed by atoms with Gasteiger partial charge in [0.1, 0.15) is 0 Å². The molecule has 1 aromatic carbocycles. The maximum atomic E-state index is 12.7. The molecule has 2 fully saturated rings. The number of carbonyl (C=O) groups is 2. The summed E-state index contributed by atoms with van der Waals surface area (Å²) < 4.78 is 0.987. The molecule has 2 heterocycles. The lowest BCUT2D eigenvalue weighted by atomic mass is 9.92. The zero-order valence-electron chi connectivity index (χ0n) is 14.2. The first-order valence-corrected chi connectivity index (χ1v) is 9.96. The summed E-state index contributed by atoms with van der Waals surface area (Å²) in [7, 11) is 0. The Morgan fingerprint density at radius 1 is 0.958 bits per heavy atom. The van der Waals surface area contributed by atoms with Gasteiger partial charge in [-0.05, 0) is 66.3 Å². The number of hydrogen-bond acceptors (Lipinski definition) is 2. The first kappa shape index (κ1) is 17.7. The Labute approximate surface area is 157 Å². The maximum absolute atomic E-state index is 12.7. The Morgan fingerprint density at radius 3 is 2.17 bits per heavy atom. The normalized spacial score (nSPS) is 20.2. The highest BCUT2D eigenvalue weighted by atomic mass is 127. The van der Waals surface area contributed by atoms with Gasteiger partial charge in [-0.15, -0.1) is 0 Å². The summed E-state index contributed by atoms with van der Waals surface area (Å²) in [6.45, 7) is 5.44. The molecule has 1 aromatic rings. The van der Waals surface area contributed by atoms with Crippen LogP contribution in [0.25, 0.3) is 0 Å². The highest BCUT2D eigenvalue weighted by molar-refractivity contribution is 14.1. The second kappa shape index (κ2) is 7.85. The third-order valence-electron chi connectivity index (χ3n) is 5.33. The molecule has 0 spiro atoms. The van der Waals surface area contributed by atoms with E-state index in [0.29, 0.717) is 19.0 Å². The van der Waals surface area contributed by atoms with Crippen LogP contribution < -0.4 is 0 Å². The minimum atomic E-state index is 0.0947. The average molecular weight is 440 g/mol. The molecule has 4 nitrogen and oxygen atoms in total. The molecule has 0 aliphatic carbocycles. The van der Waals surface area contributed by atoms with Crippen LogP contribution in [-0.4, -0.2) is 47.8 Å². The second-order valence-corrected chi connectivity index (χ2v) is 8.22. The Kier molecular flexibility index (Phi) is 5.79. The number of piperidine rings is 2. The third-order valence-corrected chi connectivity index (χ3v) is 6.27. The van der Waals surface area contributed by atoms with Crippen LogP contribution in [0.15, 0.2) is 24.3 Å². The molecule has 2 saturated heterocycles. The largest absolute Gasteiger partial charge is 0.342 e. The summed E-state index contributed by atoms with van der Waals surface area (Å²) in [4.78, 5) is 29.3. The van der Waals surface area contributed by atoms with Crippen molar-refractivity contribution in [2.24, 2.45) is 11.8 Å². The molecular formula is C19H25IN2O2. The van der Waals surface area contributed by atoms with E-state index in [1.807, 2.05) is 34.1 Å². The zero-order valence-corrected chi connectivity index (χ0v) is 16.4. The molecule has 2 aliphatic rings. The van der Waals surface area contributed by atoms with Crippen LogP contribution in [0, 0.1) is 15.4 Å². The number of benzene rings is 1. The van der Waals surface area contributed by atoms with Gasteiger partial charge in [0.25, 0.3) is 5.91 Å². The lowest BCUT2D eigenvalue weighted by Crippen LogP contribution is -2.46. The second-order valence-electron chi connectivity index (χ2n) is 7.05. The standard InChI is InChI=1S/C19H25IN2O2/c1-14-6-10-21(11-7-14)18(23)15-8-12-22(13-9-15)19(24)16-4-2-3-5-17(16)20/h2-5,14-15H,6-13H2,1H3. The van der Waals surface area contributed by atoms with Gasteiger partial charge in [-0.1, -0.05) is 19.1 Å². The molecule has 2 amide bonds. The molecule has 0 N–H and O–H groups in total. The summed E-state index contributed by atoms with van der Waals surface area (Å²) in [6.07, 6.45) is 3.82. The third kappa shape index (κ3) is 3.92. The molecule has 24 heavy (non-hydrogen) atoms. The Balaban J connectivity index is 1.55. The average Bonchev–Trinajstić information content (AvgIpc) is 2.62. The van der Waals surface area contributed by atoms with Crippen molar-refractivity contribution in [3.63, 3.8) is 0 Å². The maximum Gasteiger partial charge on any atom is 0.254 e. The predicted molar refractivity (Wildman–Crippen MR) is 103 cm³/mol. The first-order chi connectivity index (χ1) is 11.6. The minimum absolute atomic E-state index is 0.0947. The molecule has 3 rings (SSSR count). The van der Waals surface area contributed by atoms with Gasteiger partial charge in [0.05, 0.1) is 5.56 Å². The van der Waals surface area contributed by atoms with Gasteiger partial charge < -0.3 is 9.80 Å². The number of hydrogen-bond donors (Lipinski definition) is 0. The van der Waals surface area contributed by atoms with E-state index >= 15 is 0 Å². The number of rotatable bonds is 2. The topological polar surface area (TPSA) is 40.6 Å². The van der Waals surface area contributed by atoms with Gasteiger partial charge in [0, 0.05) is 35.7 Å². The van der Waals surface area contributed by atoms with Crippen molar-refractivity contribution in [2.45, 2.75) is 32.6 Å². The van der Waals surface area contributed by atoms with Crippen molar-refractivity contribution in [2.75, 3.05) is 26.2 Å². The number of nitrogens with zero attached hydrogens (tertiary/aromatic N) is 2. The van der Waals surface area contributed by atoms with E-state index in [2.05, 4.69) is 29.5 Å². The summed E-state index contributed by atoms with van der Waals surface area (Å²) in [6, 6.07) is 7.70. The monoisotopic (exact) mass is 440 g/mol. The molecule has 0 bridgehead atoms. The van der Waals surface area contributed by atoms with Crippen LogP contribution in [0.1, 0.15) is 43.0 Å². The lowest BCUT2D eigenvalue weighted by molar-refractivity contribution is -0.138. The highest BCUT2D eigenvalue weighted by Crippen LogP contribution is 2.25. The van der Waals surface area contributed by atoms with E-state index in [1.165, 1.54) is 0 Å². The summed E-state index contributed by atoms with van der Waals surface area (Å²) >= 11 is 2.21. The van der Waals surface area contributed by atoms with Crippen LogP contribution in [0.5, 0.6) is 0 Å². The minimum Gasteiger partial charge on any atom is -0.342 e. The van der Waals surface area contributed by atoms with Gasteiger partial charge in [-0.3, -0.25) is 9.59 Å². The number of likely N-dealkylation sites (tertiary alicyclic amines) is 2. The van der Waals surface area contributed by atoms with E-state index in [9.17, 15) is 9.59 Å². The van der Waals surface area contributed by atoms with Crippen LogP contribution in [0.2, 0.25) is 0 Å². The highest BCUT2D eigenvalue weighted by Gasteiger charge is 2.32. The smallest absolute Gasteiger partial charge is 0.254 e. The van der Waals surface area contributed by atoms with Crippen LogP contribution >= 0.6 is 22.6 Å². The number of amides is 2. The molecule has 5 heteroatoms. The number of carbonyl (C=O) groups excluding carboxylic acids is 2. The van der Waals surface area contributed by atoms with Crippen molar-refractivity contribution in [1.82, 2.24) is 9.80 Å². The zero-order chi connectivity index (χ0) is 17.1. The van der Waals surface area contributed by atoms with Crippen molar-refractivity contribution in [1.29, 1.82) is 0 Å². The van der Waals surface area contributed by atoms with Gasteiger partial charge >= 0.3 is 0 Å². The quantitative estimate of drug-likeness (QED) is 0.662. The molecule has 0 saturated carbocycles. The fourth-order valence-electron chi connectivity index (χ4n) is 3.62. The van der Waals surface area contributed by atoms with Crippen LogP contribution in [0.4, 0.5) is 0 Å². The van der Waals surface area contributed by atoms with E-state index < -0.39 is 0 Å². The van der Waals surface area contributed by atoms with E-state index in [4.69, 9.17) is 0 Å². The van der Waals surface area contributed by atoms with Crippen LogP contribution in [-0.2, 0) is 4.79 Å². The van der Waals surface area contributed by atoms with Gasteiger partial charge in [0.2, 0.25) is 5.91 Å². The molecular weight excluding hydrogens is 415 g/mol. The van der Waals surface area contributed by atoms with Crippen molar-refractivity contribution in [3.05, 3.63) is 33.4 Å². The summed E-state index contributed by atoms with van der Waals surface area (Å²) in [5.41, 5.74) is 0.771. The van der Waals surface area contributed by atoms with E-state index in [1.54, 1.807) is 0 Å². The Bertz CT molecular complexity index is 603. The molecule has 0 unspecified atom stereocenters. The van der Waals surface area contributed by atoms with Gasteiger partial charge in [0.15, 0.2) is 0 Å². The fraction of sp³-hybridized carbons (Fsp3) is 0.579. The fourth-order valence-corrected chi connectivity index (χ4v) is 4.24. The molecule has 2 aliphatic heterocycles.